The Kier molecular flexibility index (Phi) is 2.28. The lowest BCUT2D eigenvalue weighted by Gasteiger charge is -2.21. The number of aryl methyl sites for hydroxylation is 2. The lowest BCUT2D eigenvalue weighted by Crippen LogP contribution is -2.22. The molecular formula is C14H18FN. The minimum atomic E-state index is -0.0244. The highest BCUT2D eigenvalue weighted by atomic mass is 19.1. The summed E-state index contributed by atoms with van der Waals surface area (Å²) in [5, 5.41) is 0. The van der Waals surface area contributed by atoms with E-state index in [1.54, 1.807) is 6.07 Å². The molecule has 0 radical (unpaired) electrons. The van der Waals surface area contributed by atoms with Gasteiger partial charge in [0.25, 0.3) is 0 Å². The second-order valence-electron chi connectivity index (χ2n) is 5.29. The summed E-state index contributed by atoms with van der Waals surface area (Å²) in [6.07, 6.45) is 6.71. The first-order valence-electron chi connectivity index (χ1n) is 6.27. The zero-order valence-electron chi connectivity index (χ0n) is 9.56. The van der Waals surface area contributed by atoms with Crippen molar-refractivity contribution in [3.05, 3.63) is 34.6 Å². The van der Waals surface area contributed by atoms with Crippen LogP contribution < -0.4 is 5.73 Å². The molecule has 0 bridgehead atoms. The summed E-state index contributed by atoms with van der Waals surface area (Å²) in [6.45, 7) is 0.586. The number of rotatable bonds is 2. The van der Waals surface area contributed by atoms with Gasteiger partial charge in [0.05, 0.1) is 0 Å². The summed E-state index contributed by atoms with van der Waals surface area (Å²) in [5.41, 5.74) is 9.23. The largest absolute Gasteiger partial charge is 0.330 e. The monoisotopic (exact) mass is 219 g/mol. The molecule has 1 saturated carbocycles. The highest BCUT2D eigenvalue weighted by Gasteiger charge is 2.45. The molecule has 0 atom stereocenters. The number of hydrogen-bond donors (Lipinski definition) is 1. The maximum atomic E-state index is 14.0. The maximum absolute atomic E-state index is 14.0. The Balaban J connectivity index is 2.06. The third-order valence-corrected chi connectivity index (χ3v) is 4.25. The number of fused-ring (bicyclic) bond motifs is 1. The number of benzene rings is 1. The number of halogens is 1. The van der Waals surface area contributed by atoms with Gasteiger partial charge in [0.2, 0.25) is 0 Å². The summed E-state index contributed by atoms with van der Waals surface area (Å²) in [7, 11) is 0. The van der Waals surface area contributed by atoms with Crippen molar-refractivity contribution >= 4 is 0 Å². The first-order valence-corrected chi connectivity index (χ1v) is 6.27. The van der Waals surface area contributed by atoms with Crippen LogP contribution in [0.15, 0.2) is 12.1 Å². The molecule has 1 nitrogen and oxygen atoms in total. The standard InChI is InChI=1S/C14H18FN/c15-13-8-11-4-2-1-3-10(11)7-12(13)14(9-16)5-6-14/h7-8H,1-6,9,16H2. The molecule has 3 rings (SSSR count). The fourth-order valence-electron chi connectivity index (χ4n) is 2.90. The van der Waals surface area contributed by atoms with Crippen LogP contribution in [0.5, 0.6) is 0 Å². The summed E-state index contributed by atoms with van der Waals surface area (Å²) in [6, 6.07) is 3.86. The average Bonchev–Trinajstić information content (AvgIpc) is 3.09. The van der Waals surface area contributed by atoms with Gasteiger partial charge in [0.15, 0.2) is 0 Å². The molecule has 86 valence electrons. The molecule has 2 aliphatic carbocycles. The first kappa shape index (κ1) is 10.3. The Morgan fingerprint density at radius 3 is 2.31 bits per heavy atom. The van der Waals surface area contributed by atoms with E-state index in [9.17, 15) is 4.39 Å². The van der Waals surface area contributed by atoms with E-state index >= 15 is 0 Å². The van der Waals surface area contributed by atoms with Gasteiger partial charge in [-0.1, -0.05) is 6.07 Å². The fraction of sp³-hybridized carbons (Fsp3) is 0.571. The van der Waals surface area contributed by atoms with Crippen molar-refractivity contribution in [3.63, 3.8) is 0 Å². The van der Waals surface area contributed by atoms with Crippen LogP contribution in [0.2, 0.25) is 0 Å². The highest BCUT2D eigenvalue weighted by molar-refractivity contribution is 5.41. The quantitative estimate of drug-likeness (QED) is 0.813. The van der Waals surface area contributed by atoms with Crippen molar-refractivity contribution in [2.75, 3.05) is 6.54 Å². The summed E-state index contributed by atoms with van der Waals surface area (Å²) < 4.78 is 14.0. The van der Waals surface area contributed by atoms with Gasteiger partial charge in [-0.15, -0.1) is 0 Å². The van der Waals surface area contributed by atoms with Crippen LogP contribution >= 0.6 is 0 Å². The van der Waals surface area contributed by atoms with Crippen molar-refractivity contribution in [2.24, 2.45) is 5.73 Å². The van der Waals surface area contributed by atoms with Crippen molar-refractivity contribution < 1.29 is 4.39 Å². The normalized spacial score (nSPS) is 21.6. The van der Waals surface area contributed by atoms with Crippen LogP contribution in [0, 0.1) is 5.82 Å². The van der Waals surface area contributed by atoms with E-state index in [4.69, 9.17) is 5.73 Å². The van der Waals surface area contributed by atoms with Crippen LogP contribution in [0.3, 0.4) is 0 Å². The molecule has 2 N–H and O–H groups in total. The summed E-state index contributed by atoms with van der Waals surface area (Å²) >= 11 is 0. The molecule has 0 amide bonds. The van der Waals surface area contributed by atoms with Gasteiger partial charge in [-0.2, -0.15) is 0 Å². The van der Waals surface area contributed by atoms with E-state index in [-0.39, 0.29) is 11.2 Å². The van der Waals surface area contributed by atoms with Crippen LogP contribution in [-0.2, 0) is 18.3 Å². The second-order valence-corrected chi connectivity index (χ2v) is 5.29. The molecule has 16 heavy (non-hydrogen) atoms. The molecule has 0 aromatic heterocycles. The van der Waals surface area contributed by atoms with Gasteiger partial charge in [0, 0.05) is 12.0 Å². The van der Waals surface area contributed by atoms with E-state index in [2.05, 4.69) is 6.07 Å². The number of nitrogens with two attached hydrogens (primary N) is 1. The van der Waals surface area contributed by atoms with Gasteiger partial charge in [0.1, 0.15) is 5.82 Å². The average molecular weight is 219 g/mol. The van der Waals surface area contributed by atoms with E-state index in [1.807, 2.05) is 0 Å². The predicted molar refractivity (Wildman–Crippen MR) is 63.0 cm³/mol. The topological polar surface area (TPSA) is 26.0 Å². The van der Waals surface area contributed by atoms with Gasteiger partial charge in [-0.05, 0) is 61.3 Å². The third-order valence-electron chi connectivity index (χ3n) is 4.25. The van der Waals surface area contributed by atoms with Gasteiger partial charge in [-0.3, -0.25) is 0 Å². The molecule has 0 unspecified atom stereocenters. The fourth-order valence-corrected chi connectivity index (χ4v) is 2.90. The predicted octanol–water partition coefficient (Wildman–Crippen LogP) is 2.69. The highest BCUT2D eigenvalue weighted by Crippen LogP contribution is 2.48. The molecule has 2 aliphatic rings. The second kappa shape index (κ2) is 3.56. The lowest BCUT2D eigenvalue weighted by atomic mass is 9.86. The Labute approximate surface area is 95.8 Å². The molecule has 0 heterocycles. The van der Waals surface area contributed by atoms with E-state index in [0.717, 1.165) is 31.2 Å². The van der Waals surface area contributed by atoms with Crippen molar-refractivity contribution in [3.8, 4) is 0 Å². The van der Waals surface area contributed by atoms with E-state index < -0.39 is 0 Å². The number of hydrogen-bond acceptors (Lipinski definition) is 1. The summed E-state index contributed by atoms with van der Waals surface area (Å²) in [5.74, 6) is -0.0244. The molecule has 2 heteroatoms. The minimum Gasteiger partial charge on any atom is -0.330 e. The molecular weight excluding hydrogens is 201 g/mol. The molecule has 0 spiro atoms. The van der Waals surface area contributed by atoms with Crippen molar-refractivity contribution in [2.45, 2.75) is 43.9 Å². The van der Waals surface area contributed by atoms with E-state index in [0.29, 0.717) is 6.54 Å². The Morgan fingerprint density at radius 2 is 1.75 bits per heavy atom. The van der Waals surface area contributed by atoms with Gasteiger partial charge in [-0.25, -0.2) is 4.39 Å². The van der Waals surface area contributed by atoms with E-state index in [1.165, 1.54) is 24.0 Å². The molecule has 1 aromatic rings. The van der Waals surface area contributed by atoms with Gasteiger partial charge < -0.3 is 5.73 Å². The Bertz CT molecular complexity index is 421. The van der Waals surface area contributed by atoms with Crippen molar-refractivity contribution in [1.82, 2.24) is 0 Å². The zero-order chi connectivity index (χ0) is 11.2. The molecule has 0 aliphatic heterocycles. The lowest BCUT2D eigenvalue weighted by molar-refractivity contribution is 0.563. The van der Waals surface area contributed by atoms with Crippen LogP contribution in [0.25, 0.3) is 0 Å². The van der Waals surface area contributed by atoms with Crippen LogP contribution in [-0.4, -0.2) is 6.54 Å². The first-order chi connectivity index (χ1) is 7.75. The SMILES string of the molecule is NCC1(c2cc3c(cc2F)CCCC3)CC1. The molecule has 1 fully saturated rings. The van der Waals surface area contributed by atoms with Gasteiger partial charge >= 0.3 is 0 Å². The smallest absolute Gasteiger partial charge is 0.127 e. The Hall–Kier alpha value is -0.890. The third kappa shape index (κ3) is 1.47. The molecule has 0 saturated heterocycles. The van der Waals surface area contributed by atoms with Crippen molar-refractivity contribution in [1.29, 1.82) is 0 Å². The molecule has 1 aromatic carbocycles. The zero-order valence-corrected chi connectivity index (χ0v) is 9.56. The maximum Gasteiger partial charge on any atom is 0.127 e. The van der Waals surface area contributed by atoms with Crippen LogP contribution in [0.1, 0.15) is 42.4 Å². The Morgan fingerprint density at radius 1 is 1.12 bits per heavy atom. The minimum absolute atomic E-state index is 0.0173. The summed E-state index contributed by atoms with van der Waals surface area (Å²) in [4.78, 5) is 0. The van der Waals surface area contributed by atoms with Crippen LogP contribution in [0.4, 0.5) is 4.39 Å².